The molecule has 0 aromatic rings. The van der Waals surface area contributed by atoms with Crippen LogP contribution in [0.3, 0.4) is 0 Å². The van der Waals surface area contributed by atoms with Crippen molar-refractivity contribution in [1.82, 2.24) is 10.2 Å². The summed E-state index contributed by atoms with van der Waals surface area (Å²) in [6.07, 6.45) is 0. The van der Waals surface area contributed by atoms with Gasteiger partial charge in [0.05, 0.1) is 6.04 Å². The molecule has 0 bridgehead atoms. The molecule has 0 aromatic carbocycles. The van der Waals surface area contributed by atoms with Crippen molar-refractivity contribution in [3.05, 3.63) is 0 Å². The summed E-state index contributed by atoms with van der Waals surface area (Å²) in [5, 5.41) is 2.62. The van der Waals surface area contributed by atoms with Gasteiger partial charge in [-0.15, -0.1) is 0 Å². The van der Waals surface area contributed by atoms with Crippen LogP contribution in [0.15, 0.2) is 0 Å². The number of hydrogen-bond donors (Lipinski definition) is 2. The molecular formula is C9H21N3O. The van der Waals surface area contributed by atoms with Crippen LogP contribution in [0.4, 0.5) is 0 Å². The van der Waals surface area contributed by atoms with Crippen LogP contribution in [-0.2, 0) is 4.79 Å². The van der Waals surface area contributed by atoms with Crippen molar-refractivity contribution in [2.45, 2.75) is 32.4 Å². The number of amides is 1. The molecule has 1 unspecified atom stereocenters. The minimum absolute atomic E-state index is 0.0176. The molecule has 1 amide bonds. The van der Waals surface area contributed by atoms with Crippen LogP contribution in [0.2, 0.25) is 0 Å². The molecule has 0 rings (SSSR count). The van der Waals surface area contributed by atoms with Crippen LogP contribution in [0.1, 0.15) is 20.8 Å². The van der Waals surface area contributed by atoms with Gasteiger partial charge in [0.15, 0.2) is 0 Å². The Morgan fingerprint density at radius 2 is 2.08 bits per heavy atom. The van der Waals surface area contributed by atoms with E-state index in [1.807, 2.05) is 32.7 Å². The van der Waals surface area contributed by atoms with Gasteiger partial charge in [0.2, 0.25) is 5.91 Å². The van der Waals surface area contributed by atoms with Crippen molar-refractivity contribution in [1.29, 1.82) is 0 Å². The predicted octanol–water partition coefficient (Wildman–Crippen LogP) is -0.210. The lowest BCUT2D eigenvalue weighted by Gasteiger charge is -2.37. The van der Waals surface area contributed by atoms with Crippen molar-refractivity contribution in [2.75, 3.05) is 20.6 Å². The maximum atomic E-state index is 11.3. The van der Waals surface area contributed by atoms with Gasteiger partial charge in [-0.3, -0.25) is 9.69 Å². The zero-order valence-corrected chi connectivity index (χ0v) is 9.22. The summed E-state index contributed by atoms with van der Waals surface area (Å²) in [7, 11) is 3.55. The monoisotopic (exact) mass is 187 g/mol. The van der Waals surface area contributed by atoms with Crippen molar-refractivity contribution in [3.63, 3.8) is 0 Å². The second-order valence-electron chi connectivity index (χ2n) is 3.92. The third-order valence-corrected chi connectivity index (χ3v) is 2.66. The summed E-state index contributed by atoms with van der Waals surface area (Å²) in [4.78, 5) is 13.3. The van der Waals surface area contributed by atoms with Gasteiger partial charge < -0.3 is 11.1 Å². The smallest absolute Gasteiger partial charge is 0.236 e. The van der Waals surface area contributed by atoms with E-state index < -0.39 is 0 Å². The number of rotatable bonds is 4. The highest BCUT2D eigenvalue weighted by Crippen LogP contribution is 2.13. The summed E-state index contributed by atoms with van der Waals surface area (Å²) < 4.78 is 0. The quantitative estimate of drug-likeness (QED) is 0.640. The Morgan fingerprint density at radius 3 is 2.38 bits per heavy atom. The van der Waals surface area contributed by atoms with Gasteiger partial charge in [0, 0.05) is 19.1 Å². The Morgan fingerprint density at radius 1 is 1.62 bits per heavy atom. The molecule has 78 valence electrons. The van der Waals surface area contributed by atoms with Crippen LogP contribution in [-0.4, -0.2) is 43.0 Å². The third-order valence-electron chi connectivity index (χ3n) is 2.66. The predicted molar refractivity (Wildman–Crippen MR) is 54.4 cm³/mol. The van der Waals surface area contributed by atoms with Gasteiger partial charge in [-0.1, -0.05) is 0 Å². The number of likely N-dealkylation sites (N-methyl/N-ethyl adjacent to an activating group) is 2. The summed E-state index contributed by atoms with van der Waals surface area (Å²) >= 11 is 0. The molecule has 3 N–H and O–H groups in total. The fraction of sp³-hybridized carbons (Fsp3) is 0.889. The normalized spacial score (nSPS) is 14.4. The van der Waals surface area contributed by atoms with E-state index in [0.717, 1.165) is 0 Å². The molecule has 0 aromatic heterocycles. The highest BCUT2D eigenvalue weighted by Gasteiger charge is 2.28. The van der Waals surface area contributed by atoms with Crippen LogP contribution in [0, 0.1) is 0 Å². The van der Waals surface area contributed by atoms with Gasteiger partial charge in [-0.25, -0.2) is 0 Å². The van der Waals surface area contributed by atoms with Gasteiger partial charge in [0.25, 0.3) is 0 Å². The number of nitrogens with one attached hydrogen (secondary N) is 1. The van der Waals surface area contributed by atoms with E-state index in [4.69, 9.17) is 5.73 Å². The summed E-state index contributed by atoms with van der Waals surface area (Å²) in [5.41, 5.74) is 5.47. The first-order chi connectivity index (χ1) is 5.86. The molecule has 1 atom stereocenters. The molecular weight excluding hydrogens is 166 g/mol. The minimum atomic E-state index is -0.149. The topological polar surface area (TPSA) is 58.4 Å². The van der Waals surface area contributed by atoms with Crippen LogP contribution < -0.4 is 11.1 Å². The molecule has 0 spiro atoms. The Kier molecular flexibility index (Phi) is 4.36. The number of nitrogens with two attached hydrogens (primary N) is 1. The van der Waals surface area contributed by atoms with E-state index in [1.54, 1.807) is 7.05 Å². The molecule has 0 heterocycles. The molecule has 13 heavy (non-hydrogen) atoms. The van der Waals surface area contributed by atoms with Crippen molar-refractivity contribution < 1.29 is 4.79 Å². The number of carbonyl (C=O) groups is 1. The molecule has 0 saturated carbocycles. The van der Waals surface area contributed by atoms with Crippen LogP contribution in [0.25, 0.3) is 0 Å². The average Bonchev–Trinajstić information content (AvgIpc) is 2.14. The summed E-state index contributed by atoms with van der Waals surface area (Å²) in [6.45, 7) is 6.44. The van der Waals surface area contributed by atoms with Crippen molar-refractivity contribution in [3.8, 4) is 0 Å². The second kappa shape index (κ2) is 4.58. The number of carbonyl (C=O) groups excluding carboxylic acids is 1. The van der Waals surface area contributed by atoms with Gasteiger partial charge in [0.1, 0.15) is 0 Å². The Labute approximate surface area is 80.5 Å². The maximum absolute atomic E-state index is 11.3. The molecule has 0 aliphatic carbocycles. The van der Waals surface area contributed by atoms with Crippen LogP contribution in [0.5, 0.6) is 0 Å². The molecule has 4 heteroatoms. The van der Waals surface area contributed by atoms with Crippen molar-refractivity contribution >= 4 is 5.91 Å². The molecule has 0 saturated heterocycles. The Hall–Kier alpha value is -0.610. The molecule has 0 aliphatic heterocycles. The lowest BCUT2D eigenvalue weighted by Crippen LogP contribution is -2.55. The second-order valence-corrected chi connectivity index (χ2v) is 3.92. The highest BCUT2D eigenvalue weighted by atomic mass is 16.2. The van der Waals surface area contributed by atoms with Crippen molar-refractivity contribution in [2.24, 2.45) is 5.73 Å². The number of hydrogen-bond acceptors (Lipinski definition) is 3. The van der Waals surface area contributed by atoms with E-state index in [9.17, 15) is 4.79 Å². The Balaban J connectivity index is 4.41. The average molecular weight is 187 g/mol. The standard InChI is InChI=1S/C9H21N3O/c1-7(8(13)11-4)12(5)9(2,3)6-10/h7H,6,10H2,1-5H3,(H,11,13). The van der Waals surface area contributed by atoms with E-state index in [2.05, 4.69) is 5.32 Å². The highest BCUT2D eigenvalue weighted by molar-refractivity contribution is 5.81. The third kappa shape index (κ3) is 2.97. The van der Waals surface area contributed by atoms with E-state index in [0.29, 0.717) is 6.54 Å². The fourth-order valence-electron chi connectivity index (χ4n) is 1.05. The summed E-state index contributed by atoms with van der Waals surface area (Å²) in [5.74, 6) is 0.0176. The van der Waals surface area contributed by atoms with E-state index in [1.165, 1.54) is 0 Å². The van der Waals surface area contributed by atoms with Gasteiger partial charge >= 0.3 is 0 Å². The zero-order chi connectivity index (χ0) is 10.6. The number of nitrogens with zero attached hydrogens (tertiary/aromatic N) is 1. The van der Waals surface area contributed by atoms with E-state index >= 15 is 0 Å². The first kappa shape index (κ1) is 12.4. The Bertz CT molecular complexity index is 180. The first-order valence-corrected chi connectivity index (χ1v) is 4.51. The molecule has 4 nitrogen and oxygen atoms in total. The van der Waals surface area contributed by atoms with Gasteiger partial charge in [-0.2, -0.15) is 0 Å². The van der Waals surface area contributed by atoms with E-state index in [-0.39, 0.29) is 17.5 Å². The van der Waals surface area contributed by atoms with Gasteiger partial charge in [-0.05, 0) is 27.8 Å². The molecule has 0 fully saturated rings. The maximum Gasteiger partial charge on any atom is 0.236 e. The summed E-state index contributed by atoms with van der Waals surface area (Å²) in [6, 6.07) is -0.149. The minimum Gasteiger partial charge on any atom is -0.358 e. The fourth-order valence-corrected chi connectivity index (χ4v) is 1.05. The molecule has 0 radical (unpaired) electrons. The first-order valence-electron chi connectivity index (χ1n) is 4.51. The lowest BCUT2D eigenvalue weighted by atomic mass is 10.0. The lowest BCUT2D eigenvalue weighted by molar-refractivity contribution is -0.126. The SMILES string of the molecule is CNC(=O)C(C)N(C)C(C)(C)CN. The zero-order valence-electron chi connectivity index (χ0n) is 9.22. The molecule has 0 aliphatic rings. The largest absolute Gasteiger partial charge is 0.358 e. The van der Waals surface area contributed by atoms with Crippen LogP contribution >= 0.6 is 0 Å².